The lowest BCUT2D eigenvalue weighted by atomic mass is 9.69. The van der Waals surface area contributed by atoms with Crippen molar-refractivity contribution in [1.29, 1.82) is 0 Å². The first kappa shape index (κ1) is 22.1. The average molecular weight is 461 g/mol. The van der Waals surface area contributed by atoms with Crippen LogP contribution < -0.4 is 0 Å². The second-order valence-electron chi connectivity index (χ2n) is 9.41. The van der Waals surface area contributed by atoms with Crippen LogP contribution in [0.1, 0.15) is 27.8 Å². The van der Waals surface area contributed by atoms with Gasteiger partial charge in [-0.2, -0.15) is 0 Å². The molecule has 6 rings (SSSR count). The lowest BCUT2D eigenvalue weighted by Gasteiger charge is -2.33. The SMILES string of the molecule is C1=C(c2ccccc2)C(c2ccccc2)=C(c2ccccc2)C1(Cc1ccccc1)c1ccccc1. The molecule has 0 aliphatic heterocycles. The summed E-state index contributed by atoms with van der Waals surface area (Å²) in [7, 11) is 0. The topological polar surface area (TPSA) is 0 Å². The van der Waals surface area contributed by atoms with Crippen LogP contribution in [0.15, 0.2) is 158 Å². The smallest absolute Gasteiger partial charge is 0.0443 e. The van der Waals surface area contributed by atoms with Gasteiger partial charge in [-0.05, 0) is 51.0 Å². The van der Waals surface area contributed by atoms with Crippen LogP contribution in [0.4, 0.5) is 0 Å². The Hall–Kier alpha value is -4.42. The highest BCUT2D eigenvalue weighted by Gasteiger charge is 2.43. The molecule has 0 amide bonds. The monoisotopic (exact) mass is 460 g/mol. The van der Waals surface area contributed by atoms with Crippen molar-refractivity contribution in [2.24, 2.45) is 0 Å². The van der Waals surface area contributed by atoms with E-state index in [1.807, 2.05) is 0 Å². The highest BCUT2D eigenvalue weighted by Crippen LogP contribution is 2.56. The lowest BCUT2D eigenvalue weighted by molar-refractivity contribution is 0.694. The molecule has 0 nitrogen and oxygen atoms in total. The number of hydrogen-bond donors (Lipinski definition) is 0. The summed E-state index contributed by atoms with van der Waals surface area (Å²) >= 11 is 0. The predicted octanol–water partition coefficient (Wildman–Crippen LogP) is 8.88. The Bertz CT molecular complexity index is 1500. The summed E-state index contributed by atoms with van der Waals surface area (Å²) in [5, 5.41) is 0. The maximum atomic E-state index is 2.54. The Balaban J connectivity index is 1.73. The van der Waals surface area contributed by atoms with Crippen molar-refractivity contribution in [3.05, 3.63) is 186 Å². The minimum atomic E-state index is -0.319. The number of allylic oxidation sites excluding steroid dienone is 4. The first-order valence-corrected chi connectivity index (χ1v) is 12.6. The van der Waals surface area contributed by atoms with Crippen molar-refractivity contribution in [2.45, 2.75) is 11.8 Å². The Morgan fingerprint density at radius 2 is 0.861 bits per heavy atom. The molecule has 172 valence electrons. The normalized spacial score (nSPS) is 17.2. The van der Waals surface area contributed by atoms with E-state index in [1.165, 1.54) is 44.5 Å². The summed E-state index contributed by atoms with van der Waals surface area (Å²) in [4.78, 5) is 0. The first-order valence-electron chi connectivity index (χ1n) is 12.6. The Morgan fingerprint density at radius 1 is 0.417 bits per heavy atom. The van der Waals surface area contributed by atoms with Crippen molar-refractivity contribution < 1.29 is 0 Å². The van der Waals surface area contributed by atoms with E-state index in [1.54, 1.807) is 0 Å². The molecular weight excluding hydrogens is 432 g/mol. The molecule has 5 aromatic carbocycles. The number of benzene rings is 5. The van der Waals surface area contributed by atoms with Gasteiger partial charge < -0.3 is 0 Å². The molecule has 0 spiro atoms. The fourth-order valence-corrected chi connectivity index (χ4v) is 5.63. The summed E-state index contributed by atoms with van der Waals surface area (Å²) < 4.78 is 0. The van der Waals surface area contributed by atoms with Crippen LogP contribution in [-0.2, 0) is 11.8 Å². The largest absolute Gasteiger partial charge is 0.0622 e. The first-order chi connectivity index (χ1) is 17.9. The Labute approximate surface area is 213 Å². The summed E-state index contributed by atoms with van der Waals surface area (Å²) in [6.45, 7) is 0. The van der Waals surface area contributed by atoms with E-state index in [0.717, 1.165) is 6.42 Å². The molecule has 0 fully saturated rings. The average Bonchev–Trinajstić information content (AvgIpc) is 3.31. The zero-order valence-corrected chi connectivity index (χ0v) is 20.2. The third kappa shape index (κ3) is 4.01. The van der Waals surface area contributed by atoms with Crippen LogP contribution >= 0.6 is 0 Å². The molecule has 0 saturated carbocycles. The molecule has 1 unspecified atom stereocenters. The van der Waals surface area contributed by atoms with Gasteiger partial charge in [-0.1, -0.05) is 158 Å². The van der Waals surface area contributed by atoms with E-state index in [9.17, 15) is 0 Å². The van der Waals surface area contributed by atoms with Crippen LogP contribution in [0, 0.1) is 0 Å². The summed E-state index contributed by atoms with van der Waals surface area (Å²) in [6, 6.07) is 54.6. The molecule has 1 aliphatic rings. The van der Waals surface area contributed by atoms with Gasteiger partial charge in [0.25, 0.3) is 0 Å². The fraction of sp³-hybridized carbons (Fsp3) is 0.0556. The van der Waals surface area contributed by atoms with Crippen molar-refractivity contribution in [1.82, 2.24) is 0 Å². The maximum Gasteiger partial charge on any atom is 0.0443 e. The van der Waals surface area contributed by atoms with Crippen LogP contribution in [0.25, 0.3) is 16.7 Å². The van der Waals surface area contributed by atoms with Gasteiger partial charge in [-0.15, -0.1) is 0 Å². The van der Waals surface area contributed by atoms with Crippen LogP contribution in [-0.4, -0.2) is 0 Å². The fourth-order valence-electron chi connectivity index (χ4n) is 5.63. The second kappa shape index (κ2) is 9.68. The minimum Gasteiger partial charge on any atom is -0.0622 e. The van der Waals surface area contributed by atoms with Crippen molar-refractivity contribution in [2.75, 3.05) is 0 Å². The van der Waals surface area contributed by atoms with Gasteiger partial charge >= 0.3 is 0 Å². The highest BCUT2D eigenvalue weighted by molar-refractivity contribution is 6.21. The van der Waals surface area contributed by atoms with E-state index in [2.05, 4.69) is 158 Å². The highest BCUT2D eigenvalue weighted by atomic mass is 14.4. The minimum absolute atomic E-state index is 0.319. The van der Waals surface area contributed by atoms with Crippen LogP contribution in [0.3, 0.4) is 0 Å². The van der Waals surface area contributed by atoms with Crippen LogP contribution in [0.5, 0.6) is 0 Å². The maximum absolute atomic E-state index is 2.54. The van der Waals surface area contributed by atoms with E-state index < -0.39 is 0 Å². The predicted molar refractivity (Wildman–Crippen MR) is 152 cm³/mol. The number of rotatable bonds is 6. The molecule has 36 heavy (non-hydrogen) atoms. The molecular formula is C36H28. The number of hydrogen-bond acceptors (Lipinski definition) is 0. The standard InChI is InChI=1S/C36H28/c1-6-16-28(17-7-1)26-36(32-24-14-5-15-25-32)27-33(29-18-8-2-9-19-29)34(30-20-10-3-11-21-30)35(36)31-22-12-4-13-23-31/h1-25,27H,26H2. The lowest BCUT2D eigenvalue weighted by Crippen LogP contribution is -2.27. The van der Waals surface area contributed by atoms with Gasteiger partial charge in [-0.3, -0.25) is 0 Å². The van der Waals surface area contributed by atoms with E-state index in [0.29, 0.717) is 0 Å². The quantitative estimate of drug-likeness (QED) is 0.237. The summed E-state index contributed by atoms with van der Waals surface area (Å²) in [6.07, 6.45) is 3.42. The van der Waals surface area contributed by atoms with Crippen LogP contribution in [0.2, 0.25) is 0 Å². The van der Waals surface area contributed by atoms with Crippen molar-refractivity contribution >= 4 is 16.7 Å². The molecule has 0 saturated heterocycles. The van der Waals surface area contributed by atoms with E-state index in [-0.39, 0.29) is 5.41 Å². The molecule has 0 aromatic heterocycles. The van der Waals surface area contributed by atoms with Gasteiger partial charge in [0, 0.05) is 5.41 Å². The second-order valence-corrected chi connectivity index (χ2v) is 9.41. The molecule has 0 heterocycles. The molecule has 1 atom stereocenters. The van der Waals surface area contributed by atoms with Crippen molar-refractivity contribution in [3.8, 4) is 0 Å². The molecule has 0 N–H and O–H groups in total. The Kier molecular flexibility index (Phi) is 5.93. The third-order valence-corrected chi connectivity index (χ3v) is 7.18. The molecule has 0 heteroatoms. The van der Waals surface area contributed by atoms with Crippen molar-refractivity contribution in [3.63, 3.8) is 0 Å². The van der Waals surface area contributed by atoms with E-state index in [4.69, 9.17) is 0 Å². The van der Waals surface area contributed by atoms with Gasteiger partial charge in [0.05, 0.1) is 0 Å². The molecule has 1 aliphatic carbocycles. The third-order valence-electron chi connectivity index (χ3n) is 7.18. The summed E-state index contributed by atoms with van der Waals surface area (Å²) in [5.41, 5.74) is 10.0. The summed E-state index contributed by atoms with van der Waals surface area (Å²) in [5.74, 6) is 0. The van der Waals surface area contributed by atoms with Gasteiger partial charge in [0.1, 0.15) is 0 Å². The molecule has 0 radical (unpaired) electrons. The zero-order valence-electron chi connectivity index (χ0n) is 20.2. The molecule has 0 bridgehead atoms. The van der Waals surface area contributed by atoms with Gasteiger partial charge in [0.15, 0.2) is 0 Å². The van der Waals surface area contributed by atoms with E-state index >= 15 is 0 Å². The Morgan fingerprint density at radius 3 is 1.42 bits per heavy atom. The van der Waals surface area contributed by atoms with Gasteiger partial charge in [-0.25, -0.2) is 0 Å². The van der Waals surface area contributed by atoms with Gasteiger partial charge in [0.2, 0.25) is 0 Å². The molecule has 5 aromatic rings. The zero-order chi connectivity index (χ0) is 24.2.